The molecule has 0 saturated heterocycles. The Kier molecular flexibility index (Phi) is 7.21. The summed E-state index contributed by atoms with van der Waals surface area (Å²) in [7, 11) is 0. The first-order valence-corrected chi connectivity index (χ1v) is 8.96. The van der Waals surface area contributed by atoms with Gasteiger partial charge in [-0.2, -0.15) is 11.8 Å². The number of hydrogen-bond donors (Lipinski definition) is 0. The van der Waals surface area contributed by atoms with E-state index in [4.69, 9.17) is 4.74 Å². The summed E-state index contributed by atoms with van der Waals surface area (Å²) < 4.78 is 7.86. The van der Waals surface area contributed by atoms with Crippen LogP contribution in [0.5, 0.6) is 0 Å². The molecule has 0 spiro atoms. The summed E-state index contributed by atoms with van der Waals surface area (Å²) in [5.74, 6) is 0. The lowest BCUT2D eigenvalue weighted by Crippen LogP contribution is -2.14. The number of hydrogen-bond acceptors (Lipinski definition) is 4. The monoisotopic (exact) mass is 313 g/mol. The van der Waals surface area contributed by atoms with Gasteiger partial charge in [0.05, 0.1) is 18.8 Å². The number of thioether (sulfide) groups is 1. The van der Waals surface area contributed by atoms with E-state index in [2.05, 4.69) is 51.2 Å². The van der Waals surface area contributed by atoms with E-state index in [0.29, 0.717) is 16.8 Å². The molecule has 0 aliphatic carbocycles. The highest BCUT2D eigenvalue weighted by Crippen LogP contribution is 2.26. The van der Waals surface area contributed by atoms with Crippen LogP contribution in [0, 0.1) is 5.41 Å². The second-order valence-corrected chi connectivity index (χ2v) is 8.87. The van der Waals surface area contributed by atoms with Gasteiger partial charge >= 0.3 is 0 Å². The summed E-state index contributed by atoms with van der Waals surface area (Å²) in [6, 6.07) is 0. The van der Waals surface area contributed by atoms with E-state index in [-0.39, 0.29) is 0 Å². The average molecular weight is 314 g/mol. The summed E-state index contributed by atoms with van der Waals surface area (Å²) in [5.41, 5.74) is 1.41. The van der Waals surface area contributed by atoms with Crippen LogP contribution in [-0.2, 0) is 17.7 Å². The second-order valence-electron chi connectivity index (χ2n) is 7.36. The molecule has 0 saturated carbocycles. The SMILES string of the molecule is CSC(C)(C)CCc1cn(CCOCCC(C)(C)C)nn1. The van der Waals surface area contributed by atoms with Crippen molar-refractivity contribution in [3.63, 3.8) is 0 Å². The fourth-order valence-corrected chi connectivity index (χ4v) is 2.04. The van der Waals surface area contributed by atoms with Crippen molar-refractivity contribution in [2.75, 3.05) is 19.5 Å². The maximum absolute atomic E-state index is 5.66. The normalized spacial score (nSPS) is 12.9. The number of aryl methyl sites for hydroxylation is 1. The molecule has 0 aliphatic heterocycles. The summed E-state index contributed by atoms with van der Waals surface area (Å²) in [5, 5.41) is 8.41. The zero-order valence-corrected chi connectivity index (χ0v) is 15.3. The van der Waals surface area contributed by atoms with Gasteiger partial charge in [-0.1, -0.05) is 39.8 Å². The van der Waals surface area contributed by atoms with Crippen LogP contribution >= 0.6 is 11.8 Å². The molecule has 0 amide bonds. The molecule has 0 N–H and O–H groups in total. The maximum atomic E-state index is 5.66. The number of ether oxygens (including phenoxy) is 1. The topological polar surface area (TPSA) is 39.9 Å². The Hall–Kier alpha value is -0.550. The Labute approximate surface area is 134 Å². The maximum Gasteiger partial charge on any atom is 0.0827 e. The van der Waals surface area contributed by atoms with E-state index >= 15 is 0 Å². The Morgan fingerprint density at radius 3 is 2.48 bits per heavy atom. The fraction of sp³-hybridized carbons (Fsp3) is 0.875. The van der Waals surface area contributed by atoms with E-state index in [9.17, 15) is 0 Å². The molecule has 0 unspecified atom stereocenters. The Morgan fingerprint density at radius 2 is 1.86 bits per heavy atom. The van der Waals surface area contributed by atoms with Gasteiger partial charge in [-0.25, -0.2) is 4.68 Å². The van der Waals surface area contributed by atoms with Crippen molar-refractivity contribution in [1.29, 1.82) is 0 Å². The molecule has 1 rings (SSSR count). The standard InChI is InChI=1S/C16H31N3OS/c1-15(2,3)9-11-20-12-10-19-13-14(17-18-19)7-8-16(4,5)21-6/h13H,7-12H2,1-6H3. The lowest BCUT2D eigenvalue weighted by molar-refractivity contribution is 0.0996. The summed E-state index contributed by atoms with van der Waals surface area (Å²) >= 11 is 1.90. The van der Waals surface area contributed by atoms with Crippen molar-refractivity contribution < 1.29 is 4.74 Å². The van der Waals surface area contributed by atoms with Crippen LogP contribution in [0.2, 0.25) is 0 Å². The molecule has 1 aromatic rings. The Bertz CT molecular complexity index is 410. The van der Waals surface area contributed by atoms with Crippen molar-refractivity contribution in [2.45, 2.75) is 65.2 Å². The van der Waals surface area contributed by atoms with Crippen molar-refractivity contribution in [2.24, 2.45) is 5.41 Å². The quantitative estimate of drug-likeness (QED) is 0.650. The van der Waals surface area contributed by atoms with Crippen LogP contribution in [0.4, 0.5) is 0 Å². The van der Waals surface area contributed by atoms with Crippen LogP contribution in [0.15, 0.2) is 6.20 Å². The molecule has 122 valence electrons. The van der Waals surface area contributed by atoms with Crippen LogP contribution in [-0.4, -0.2) is 39.2 Å². The predicted octanol–water partition coefficient (Wildman–Crippen LogP) is 3.81. The Balaban J connectivity index is 2.23. The lowest BCUT2D eigenvalue weighted by Gasteiger charge is -2.20. The van der Waals surface area contributed by atoms with Crippen molar-refractivity contribution in [3.8, 4) is 0 Å². The van der Waals surface area contributed by atoms with Crippen LogP contribution in [0.3, 0.4) is 0 Å². The van der Waals surface area contributed by atoms with Gasteiger partial charge in [0, 0.05) is 17.6 Å². The third-order valence-electron chi connectivity index (χ3n) is 3.58. The van der Waals surface area contributed by atoms with Gasteiger partial charge in [0.15, 0.2) is 0 Å². The molecule has 4 nitrogen and oxygen atoms in total. The van der Waals surface area contributed by atoms with Gasteiger partial charge in [0.1, 0.15) is 0 Å². The fourth-order valence-electron chi connectivity index (χ4n) is 1.73. The van der Waals surface area contributed by atoms with E-state index in [1.54, 1.807) is 0 Å². The van der Waals surface area contributed by atoms with Crippen molar-refractivity contribution in [1.82, 2.24) is 15.0 Å². The first-order chi connectivity index (χ1) is 9.72. The van der Waals surface area contributed by atoms with Gasteiger partial charge < -0.3 is 4.74 Å². The molecule has 0 bridgehead atoms. The third-order valence-corrected chi connectivity index (χ3v) is 4.89. The predicted molar refractivity (Wildman–Crippen MR) is 90.8 cm³/mol. The number of aromatic nitrogens is 3. The minimum atomic E-state index is 0.305. The highest BCUT2D eigenvalue weighted by atomic mass is 32.2. The molecular formula is C16H31N3OS. The average Bonchev–Trinajstić information content (AvgIpc) is 2.83. The number of nitrogens with zero attached hydrogens (tertiary/aromatic N) is 3. The molecule has 0 aromatic carbocycles. The van der Waals surface area contributed by atoms with Gasteiger partial charge in [-0.3, -0.25) is 0 Å². The van der Waals surface area contributed by atoms with Gasteiger partial charge in [-0.15, -0.1) is 5.10 Å². The van der Waals surface area contributed by atoms with Crippen LogP contribution < -0.4 is 0 Å². The smallest absolute Gasteiger partial charge is 0.0827 e. The van der Waals surface area contributed by atoms with Crippen molar-refractivity contribution >= 4 is 11.8 Å². The molecule has 0 radical (unpaired) electrons. The third kappa shape index (κ3) is 8.47. The summed E-state index contributed by atoms with van der Waals surface area (Å²) in [6.45, 7) is 13.5. The van der Waals surface area contributed by atoms with Crippen LogP contribution in [0.25, 0.3) is 0 Å². The highest BCUT2D eigenvalue weighted by Gasteiger charge is 2.16. The lowest BCUT2D eigenvalue weighted by atomic mass is 9.93. The second kappa shape index (κ2) is 8.18. The minimum Gasteiger partial charge on any atom is -0.380 e. The van der Waals surface area contributed by atoms with Gasteiger partial charge in [0.2, 0.25) is 0 Å². The molecule has 0 fully saturated rings. The van der Waals surface area contributed by atoms with E-state index < -0.39 is 0 Å². The first kappa shape index (κ1) is 18.5. The zero-order chi connectivity index (χ0) is 15.9. The molecule has 5 heteroatoms. The summed E-state index contributed by atoms with van der Waals surface area (Å²) in [4.78, 5) is 0. The molecular weight excluding hydrogens is 282 g/mol. The van der Waals surface area contributed by atoms with Gasteiger partial charge in [-0.05, 0) is 30.9 Å². The van der Waals surface area contributed by atoms with Crippen LogP contribution in [0.1, 0.15) is 53.2 Å². The highest BCUT2D eigenvalue weighted by molar-refractivity contribution is 7.99. The molecule has 21 heavy (non-hydrogen) atoms. The largest absolute Gasteiger partial charge is 0.380 e. The zero-order valence-electron chi connectivity index (χ0n) is 14.5. The van der Waals surface area contributed by atoms with Crippen molar-refractivity contribution in [3.05, 3.63) is 11.9 Å². The molecule has 0 atom stereocenters. The molecule has 0 aliphatic rings. The summed E-state index contributed by atoms with van der Waals surface area (Å²) in [6.07, 6.45) is 7.39. The van der Waals surface area contributed by atoms with E-state index in [1.807, 2.05) is 22.6 Å². The van der Waals surface area contributed by atoms with E-state index in [1.165, 1.54) is 0 Å². The Morgan fingerprint density at radius 1 is 1.14 bits per heavy atom. The minimum absolute atomic E-state index is 0.305. The molecule has 1 aromatic heterocycles. The molecule has 1 heterocycles. The number of rotatable bonds is 9. The van der Waals surface area contributed by atoms with Gasteiger partial charge in [0.25, 0.3) is 0 Å². The first-order valence-electron chi connectivity index (χ1n) is 7.74. The van der Waals surface area contributed by atoms with E-state index in [0.717, 1.165) is 38.1 Å².